The first kappa shape index (κ1) is 42.5. The van der Waals surface area contributed by atoms with E-state index in [0.29, 0.717) is 25.7 Å². The topological polar surface area (TPSA) is 238 Å². The number of benzene rings is 1. The highest BCUT2D eigenvalue weighted by atomic mass is 16.3. The molecule has 0 aliphatic rings. The molecule has 1 rings (SSSR count). The second-order valence-electron chi connectivity index (χ2n) is 12.4. The van der Waals surface area contributed by atoms with Crippen LogP contribution in [0.3, 0.4) is 0 Å². The lowest BCUT2D eigenvalue weighted by Gasteiger charge is -2.29. The molecule has 0 heterocycles. The van der Waals surface area contributed by atoms with Gasteiger partial charge in [0.25, 0.3) is 0 Å². The molecule has 7 atom stereocenters. The molecule has 274 valence electrons. The number of primary amides is 1. The normalized spacial score (nSPS) is 15.2. The van der Waals surface area contributed by atoms with Crippen molar-refractivity contribution in [3.63, 3.8) is 0 Å². The molecule has 0 radical (unpaired) electrons. The van der Waals surface area contributed by atoms with Crippen molar-refractivity contribution in [2.75, 3.05) is 19.7 Å². The molecule has 0 saturated carbocycles. The van der Waals surface area contributed by atoms with E-state index in [1.807, 2.05) is 58.0 Å². The molecule has 0 fully saturated rings. The molecule has 1 aromatic carbocycles. The van der Waals surface area contributed by atoms with Crippen LogP contribution in [-0.4, -0.2) is 90.3 Å². The van der Waals surface area contributed by atoms with Crippen molar-refractivity contribution < 1.29 is 38.7 Å². The molecule has 0 aliphatic carbocycles. The van der Waals surface area contributed by atoms with Crippen molar-refractivity contribution in [3.05, 3.63) is 35.9 Å². The zero-order chi connectivity index (χ0) is 37.1. The fourth-order valence-corrected chi connectivity index (χ4v) is 4.71. The first-order valence-electron chi connectivity index (χ1n) is 16.9. The molecule has 0 aliphatic heterocycles. The minimum absolute atomic E-state index is 0.195. The first-order valence-corrected chi connectivity index (χ1v) is 16.9. The summed E-state index contributed by atoms with van der Waals surface area (Å²) in [7, 11) is 0. The fourth-order valence-electron chi connectivity index (χ4n) is 4.71. The maximum atomic E-state index is 13.3. The van der Waals surface area contributed by atoms with Crippen LogP contribution in [0.4, 0.5) is 0 Å². The number of carbonyl (C=O) groups excluding carboxylic acids is 7. The highest BCUT2D eigenvalue weighted by Crippen LogP contribution is 2.13. The average Bonchev–Trinajstić information content (AvgIpc) is 3.10. The number of aliphatic hydroxyl groups excluding tert-OH is 1. The van der Waals surface area contributed by atoms with Crippen LogP contribution in [0.15, 0.2) is 30.3 Å². The quantitative estimate of drug-likeness (QED) is 0.0781. The minimum Gasteiger partial charge on any atom is -0.394 e. The Bertz CT molecular complexity index is 1260. The van der Waals surface area contributed by atoms with Gasteiger partial charge < -0.3 is 42.7 Å². The number of nitrogens with one attached hydrogen (secondary N) is 6. The Kier molecular flexibility index (Phi) is 19.2. The summed E-state index contributed by atoms with van der Waals surface area (Å²) in [5, 5.41) is 24.6. The monoisotopic (exact) mass is 689 g/mol. The van der Waals surface area contributed by atoms with Crippen LogP contribution in [-0.2, 0) is 40.0 Å². The fraction of sp³-hybridized carbons (Fsp3) is 0.618. The Balaban J connectivity index is 2.76. The van der Waals surface area contributed by atoms with Crippen molar-refractivity contribution in [3.8, 4) is 0 Å². The van der Waals surface area contributed by atoms with Crippen molar-refractivity contribution in [1.29, 1.82) is 0 Å². The van der Waals surface area contributed by atoms with E-state index in [4.69, 9.17) is 5.73 Å². The zero-order valence-corrected chi connectivity index (χ0v) is 29.5. The maximum Gasteiger partial charge on any atom is 0.243 e. The van der Waals surface area contributed by atoms with Crippen molar-refractivity contribution in [2.45, 2.75) is 97.8 Å². The third kappa shape index (κ3) is 15.1. The van der Waals surface area contributed by atoms with Gasteiger partial charge in [0.15, 0.2) is 0 Å². The molecular weight excluding hydrogens is 634 g/mol. The zero-order valence-electron chi connectivity index (χ0n) is 29.5. The van der Waals surface area contributed by atoms with Crippen LogP contribution in [0.1, 0.15) is 72.8 Å². The van der Waals surface area contributed by atoms with Crippen molar-refractivity contribution in [2.24, 2.45) is 23.5 Å². The van der Waals surface area contributed by atoms with Crippen LogP contribution in [0.5, 0.6) is 0 Å². The van der Waals surface area contributed by atoms with Gasteiger partial charge in [-0.3, -0.25) is 33.6 Å². The Hall–Kier alpha value is -4.53. The average molecular weight is 690 g/mol. The van der Waals surface area contributed by atoms with Gasteiger partial charge in [-0.2, -0.15) is 0 Å². The van der Waals surface area contributed by atoms with Gasteiger partial charge >= 0.3 is 0 Å². The number of nitrogens with two attached hydrogens (primary N) is 1. The van der Waals surface area contributed by atoms with E-state index in [1.165, 1.54) is 0 Å². The molecule has 0 spiro atoms. The van der Waals surface area contributed by atoms with Gasteiger partial charge in [0.05, 0.1) is 19.7 Å². The van der Waals surface area contributed by atoms with Crippen LogP contribution in [0, 0.1) is 17.8 Å². The lowest BCUT2D eigenvalue weighted by Crippen LogP contribution is -2.60. The second-order valence-corrected chi connectivity index (χ2v) is 12.4. The highest BCUT2D eigenvalue weighted by molar-refractivity contribution is 5.95. The summed E-state index contributed by atoms with van der Waals surface area (Å²) < 4.78 is 0. The summed E-state index contributed by atoms with van der Waals surface area (Å²) in [6.45, 7) is 9.13. The van der Waals surface area contributed by atoms with Crippen LogP contribution in [0.2, 0.25) is 0 Å². The standard InChI is InChI=1S/C34H55N7O8/c1-7-20(4)28(39-25(43)16-15-23-13-11-10-12-14-23)32(47)37-17-26(44)36-18-27(45)40-29(21(5)8-2)34(49)41-30(22(6)9-3)33(48)38-24(19-42)31(35)46/h10-14,20-22,24,28-30,42H,7-9,15-19H2,1-6H3,(H2,35,46)(H,36,44)(H,37,47)(H,38,48)(H,39,43)(H,40,45)(H,41,49)/t20-,21?,22-,24?,28?,29?,30?/m0/s1. The number of hydrogen-bond donors (Lipinski definition) is 8. The van der Waals surface area contributed by atoms with Gasteiger partial charge in [-0.05, 0) is 29.7 Å². The Morgan fingerprint density at radius 3 is 1.61 bits per heavy atom. The van der Waals surface area contributed by atoms with Crippen LogP contribution >= 0.6 is 0 Å². The number of amides is 7. The molecule has 0 bridgehead atoms. The van der Waals surface area contributed by atoms with E-state index in [9.17, 15) is 38.7 Å². The minimum atomic E-state index is -1.33. The summed E-state index contributed by atoms with van der Waals surface area (Å²) in [6.07, 6.45) is 2.29. The third-order valence-electron chi connectivity index (χ3n) is 8.61. The number of hydrogen-bond acceptors (Lipinski definition) is 8. The Labute approximate surface area is 288 Å². The van der Waals surface area contributed by atoms with Crippen LogP contribution < -0.4 is 37.6 Å². The molecule has 7 amide bonds. The maximum absolute atomic E-state index is 13.3. The number of aryl methyl sites for hydroxylation is 1. The van der Waals surface area contributed by atoms with Gasteiger partial charge in [0.1, 0.15) is 24.2 Å². The summed E-state index contributed by atoms with van der Waals surface area (Å²) in [6, 6.07) is 5.14. The predicted molar refractivity (Wildman–Crippen MR) is 183 cm³/mol. The van der Waals surface area contributed by atoms with Gasteiger partial charge in [-0.25, -0.2) is 0 Å². The van der Waals surface area contributed by atoms with Crippen molar-refractivity contribution >= 4 is 41.4 Å². The SMILES string of the molecule is CCC(C)C(NC(=O)CNC(=O)CNC(=O)C(NC(=O)CCc1ccccc1)[C@@H](C)CC)C(=O)NC(C(=O)NC(CO)C(N)=O)[C@@H](C)CC. The third-order valence-corrected chi connectivity index (χ3v) is 8.61. The summed E-state index contributed by atoms with van der Waals surface area (Å²) in [5.74, 6) is -5.41. The molecule has 15 nitrogen and oxygen atoms in total. The van der Waals surface area contributed by atoms with E-state index in [0.717, 1.165) is 5.56 Å². The van der Waals surface area contributed by atoms with E-state index in [2.05, 4.69) is 31.9 Å². The molecular formula is C34H55N7O8. The summed E-state index contributed by atoms with van der Waals surface area (Å²) in [5.41, 5.74) is 6.21. The molecule has 0 aromatic heterocycles. The number of aliphatic hydroxyl groups is 1. The molecule has 1 aromatic rings. The van der Waals surface area contributed by atoms with Crippen LogP contribution in [0.25, 0.3) is 0 Å². The summed E-state index contributed by atoms with van der Waals surface area (Å²) in [4.78, 5) is 88.7. The molecule has 0 saturated heterocycles. The second kappa shape index (κ2) is 22.2. The first-order chi connectivity index (χ1) is 23.2. The molecule has 5 unspecified atom stereocenters. The van der Waals surface area contributed by atoms with E-state index < -0.39 is 79.3 Å². The van der Waals surface area contributed by atoms with E-state index in [1.54, 1.807) is 13.8 Å². The van der Waals surface area contributed by atoms with E-state index >= 15 is 0 Å². The molecule has 15 heteroatoms. The Morgan fingerprint density at radius 1 is 0.633 bits per heavy atom. The van der Waals surface area contributed by atoms with Gasteiger partial charge in [0, 0.05) is 6.42 Å². The molecule has 9 N–H and O–H groups in total. The smallest absolute Gasteiger partial charge is 0.243 e. The van der Waals surface area contributed by atoms with E-state index in [-0.39, 0.29) is 30.1 Å². The van der Waals surface area contributed by atoms with Gasteiger partial charge in [0.2, 0.25) is 41.4 Å². The molecule has 49 heavy (non-hydrogen) atoms. The van der Waals surface area contributed by atoms with Crippen molar-refractivity contribution in [1.82, 2.24) is 31.9 Å². The number of rotatable bonds is 22. The lowest BCUT2D eigenvalue weighted by molar-refractivity contribution is -0.135. The lowest BCUT2D eigenvalue weighted by atomic mass is 9.94. The van der Waals surface area contributed by atoms with Gasteiger partial charge in [-0.1, -0.05) is 91.1 Å². The highest BCUT2D eigenvalue weighted by Gasteiger charge is 2.33. The number of carbonyl (C=O) groups is 7. The Morgan fingerprint density at radius 2 is 1.10 bits per heavy atom. The largest absolute Gasteiger partial charge is 0.394 e. The van der Waals surface area contributed by atoms with Gasteiger partial charge in [-0.15, -0.1) is 0 Å². The predicted octanol–water partition coefficient (Wildman–Crippen LogP) is -0.593. The summed E-state index contributed by atoms with van der Waals surface area (Å²) >= 11 is 0.